The molecule has 0 amide bonds. The van der Waals surface area contributed by atoms with Gasteiger partial charge in [0.25, 0.3) is 0 Å². The molecule has 1 heterocycles. The van der Waals surface area contributed by atoms with Crippen molar-refractivity contribution < 1.29 is 8.42 Å². The van der Waals surface area contributed by atoms with Crippen LogP contribution in [-0.2, 0) is 23.1 Å². The lowest BCUT2D eigenvalue weighted by Gasteiger charge is -2.05. The summed E-state index contributed by atoms with van der Waals surface area (Å²) in [5.74, 6) is 0. The van der Waals surface area contributed by atoms with Crippen LogP contribution in [0.3, 0.4) is 0 Å². The first-order valence-electron chi connectivity index (χ1n) is 6.93. The molecule has 0 spiro atoms. The fourth-order valence-corrected chi connectivity index (χ4v) is 4.10. The highest BCUT2D eigenvalue weighted by Gasteiger charge is 2.15. The summed E-state index contributed by atoms with van der Waals surface area (Å²) in [6.45, 7) is 4.06. The minimum absolute atomic E-state index is 0.308. The monoisotopic (exact) mass is 324 g/mol. The fourth-order valence-electron chi connectivity index (χ4n) is 1.84. The average molecular weight is 324 g/mol. The smallest absolute Gasteiger partial charge is 0.241 e. The third kappa shape index (κ3) is 4.93. The molecule has 0 unspecified atom stereocenters. The van der Waals surface area contributed by atoms with Gasteiger partial charge < -0.3 is 5.32 Å². The van der Waals surface area contributed by atoms with E-state index in [-0.39, 0.29) is 0 Å². The minimum Gasteiger partial charge on any atom is -0.312 e. The summed E-state index contributed by atoms with van der Waals surface area (Å²) in [7, 11) is -3.44. The summed E-state index contributed by atoms with van der Waals surface area (Å²) >= 11 is 1.47. The maximum absolute atomic E-state index is 12.2. The minimum atomic E-state index is -3.44. The van der Waals surface area contributed by atoms with E-state index in [0.717, 1.165) is 23.4 Å². The molecule has 2 rings (SSSR count). The summed E-state index contributed by atoms with van der Waals surface area (Å²) in [5, 5.41) is 4.96. The average Bonchev–Trinajstić information content (AvgIpc) is 2.96. The Balaban J connectivity index is 1.96. The molecule has 0 saturated carbocycles. The second-order valence-electron chi connectivity index (χ2n) is 4.74. The van der Waals surface area contributed by atoms with E-state index >= 15 is 0 Å². The molecule has 0 radical (unpaired) electrons. The van der Waals surface area contributed by atoms with Gasteiger partial charge >= 0.3 is 0 Å². The second kappa shape index (κ2) is 7.70. The third-order valence-corrected chi connectivity index (χ3v) is 5.44. The Labute approximate surface area is 130 Å². The highest BCUT2D eigenvalue weighted by molar-refractivity contribution is 7.89. The molecule has 0 aliphatic heterocycles. The molecule has 0 saturated heterocycles. The predicted octanol–water partition coefficient (Wildman–Crippen LogP) is 2.73. The van der Waals surface area contributed by atoms with Gasteiger partial charge in [-0.3, -0.25) is 0 Å². The van der Waals surface area contributed by atoms with Gasteiger partial charge in [-0.1, -0.05) is 37.3 Å². The molecule has 114 valence electrons. The van der Waals surface area contributed by atoms with Crippen LogP contribution in [0.4, 0.5) is 0 Å². The Hall–Kier alpha value is -1.21. The Morgan fingerprint density at radius 1 is 1.14 bits per heavy atom. The largest absolute Gasteiger partial charge is 0.312 e. The number of hydrogen-bond acceptors (Lipinski definition) is 4. The number of rotatable bonds is 8. The van der Waals surface area contributed by atoms with Gasteiger partial charge in [-0.05, 0) is 24.6 Å². The van der Waals surface area contributed by atoms with Crippen molar-refractivity contribution in [2.75, 3.05) is 6.54 Å². The molecule has 0 aliphatic rings. The summed E-state index contributed by atoms with van der Waals surface area (Å²) < 4.78 is 27.1. The lowest BCUT2D eigenvalue weighted by molar-refractivity contribution is 0.581. The quantitative estimate of drug-likeness (QED) is 0.734. The summed E-state index contributed by atoms with van der Waals surface area (Å²) in [6, 6.07) is 11.2. The molecular formula is C15H20N2O2S2. The number of sulfonamides is 1. The van der Waals surface area contributed by atoms with E-state index in [9.17, 15) is 8.42 Å². The molecule has 0 aliphatic carbocycles. The molecule has 2 N–H and O–H groups in total. The normalized spacial score (nSPS) is 11.7. The van der Waals surface area contributed by atoms with Crippen molar-refractivity contribution in [3.8, 4) is 0 Å². The number of nitrogens with one attached hydrogen (secondary N) is 2. The first kappa shape index (κ1) is 16.2. The van der Waals surface area contributed by atoms with Crippen LogP contribution in [0.15, 0.2) is 46.7 Å². The van der Waals surface area contributed by atoms with E-state index in [4.69, 9.17) is 0 Å². The molecule has 0 atom stereocenters. The van der Waals surface area contributed by atoms with Gasteiger partial charge in [-0.15, -0.1) is 11.3 Å². The fraction of sp³-hybridized carbons (Fsp3) is 0.333. The Morgan fingerprint density at radius 3 is 2.62 bits per heavy atom. The number of hydrogen-bond donors (Lipinski definition) is 2. The van der Waals surface area contributed by atoms with Gasteiger partial charge in [0, 0.05) is 23.3 Å². The van der Waals surface area contributed by atoms with Gasteiger partial charge in [0.2, 0.25) is 10.0 Å². The van der Waals surface area contributed by atoms with Crippen molar-refractivity contribution in [2.45, 2.75) is 31.3 Å². The van der Waals surface area contributed by atoms with Crippen LogP contribution < -0.4 is 10.0 Å². The first-order valence-corrected chi connectivity index (χ1v) is 9.30. The Kier molecular flexibility index (Phi) is 5.93. The van der Waals surface area contributed by atoms with Crippen molar-refractivity contribution in [3.05, 3.63) is 52.2 Å². The molecule has 1 aromatic carbocycles. The van der Waals surface area contributed by atoms with Crippen LogP contribution in [0.2, 0.25) is 0 Å². The maximum atomic E-state index is 12.2. The molecule has 2 aromatic rings. The van der Waals surface area contributed by atoms with Gasteiger partial charge in [-0.25, -0.2) is 13.1 Å². The zero-order valence-corrected chi connectivity index (χ0v) is 13.6. The van der Waals surface area contributed by atoms with E-state index in [1.165, 1.54) is 11.3 Å². The lowest BCUT2D eigenvalue weighted by atomic mass is 10.2. The van der Waals surface area contributed by atoms with Gasteiger partial charge in [0.1, 0.15) is 0 Å². The van der Waals surface area contributed by atoms with Crippen LogP contribution >= 0.6 is 11.3 Å². The SMILES string of the molecule is CCCNCc1cc(S(=O)(=O)NCc2ccccc2)cs1. The highest BCUT2D eigenvalue weighted by atomic mass is 32.2. The van der Waals surface area contributed by atoms with Crippen LogP contribution in [0.5, 0.6) is 0 Å². The highest BCUT2D eigenvalue weighted by Crippen LogP contribution is 2.19. The molecule has 0 fully saturated rings. The summed E-state index contributed by atoms with van der Waals surface area (Å²) in [5.41, 5.74) is 0.946. The number of thiophene rings is 1. The molecule has 21 heavy (non-hydrogen) atoms. The van der Waals surface area contributed by atoms with Crippen molar-refractivity contribution in [3.63, 3.8) is 0 Å². The van der Waals surface area contributed by atoms with E-state index in [1.807, 2.05) is 30.3 Å². The number of benzene rings is 1. The molecule has 4 nitrogen and oxygen atoms in total. The first-order chi connectivity index (χ1) is 10.1. The summed E-state index contributed by atoms with van der Waals surface area (Å²) in [6.07, 6.45) is 1.06. The van der Waals surface area contributed by atoms with Gasteiger partial charge in [-0.2, -0.15) is 0 Å². The van der Waals surface area contributed by atoms with Crippen molar-refractivity contribution in [1.29, 1.82) is 0 Å². The van der Waals surface area contributed by atoms with Crippen LogP contribution in [0, 0.1) is 0 Å². The maximum Gasteiger partial charge on any atom is 0.241 e. The molecular weight excluding hydrogens is 304 g/mol. The van der Waals surface area contributed by atoms with E-state index < -0.39 is 10.0 Å². The summed E-state index contributed by atoms with van der Waals surface area (Å²) in [4.78, 5) is 1.38. The Morgan fingerprint density at radius 2 is 1.90 bits per heavy atom. The van der Waals surface area contributed by atoms with Crippen molar-refractivity contribution in [1.82, 2.24) is 10.0 Å². The van der Waals surface area contributed by atoms with Gasteiger partial charge in [0.15, 0.2) is 0 Å². The van der Waals surface area contributed by atoms with E-state index in [0.29, 0.717) is 18.0 Å². The van der Waals surface area contributed by atoms with Crippen LogP contribution in [0.25, 0.3) is 0 Å². The second-order valence-corrected chi connectivity index (χ2v) is 7.50. The van der Waals surface area contributed by atoms with Crippen LogP contribution in [-0.4, -0.2) is 15.0 Å². The third-order valence-electron chi connectivity index (χ3n) is 2.98. The van der Waals surface area contributed by atoms with Crippen LogP contribution in [0.1, 0.15) is 23.8 Å². The Bertz CT molecular complexity index is 651. The lowest BCUT2D eigenvalue weighted by Crippen LogP contribution is -2.22. The standard InChI is InChI=1S/C15H20N2O2S2/c1-2-8-16-11-14-9-15(12-20-14)21(18,19)17-10-13-6-4-3-5-7-13/h3-7,9,12,16-17H,2,8,10-11H2,1H3. The molecule has 1 aromatic heterocycles. The van der Waals surface area contributed by atoms with Crippen molar-refractivity contribution in [2.24, 2.45) is 0 Å². The van der Waals surface area contributed by atoms with E-state index in [1.54, 1.807) is 11.4 Å². The molecule has 6 heteroatoms. The topological polar surface area (TPSA) is 58.2 Å². The van der Waals surface area contributed by atoms with Gasteiger partial charge in [0.05, 0.1) is 4.90 Å². The zero-order valence-electron chi connectivity index (χ0n) is 12.0. The van der Waals surface area contributed by atoms with E-state index in [2.05, 4.69) is 17.0 Å². The predicted molar refractivity (Wildman–Crippen MR) is 86.8 cm³/mol. The zero-order chi connectivity index (χ0) is 15.1. The molecule has 0 bridgehead atoms. The van der Waals surface area contributed by atoms with Crippen molar-refractivity contribution >= 4 is 21.4 Å².